The average Bonchev–Trinajstić information content (AvgIpc) is 3.14. The third kappa shape index (κ3) is 8.61. The third-order valence-electron chi connectivity index (χ3n) is 4.86. The van der Waals surface area contributed by atoms with Crippen molar-refractivity contribution in [3.8, 4) is 5.75 Å². The molecule has 2 aromatic rings. The minimum absolute atomic E-state index is 0.100. The molecule has 0 atom stereocenters. The number of amides is 2. The molecule has 0 fully saturated rings. The van der Waals surface area contributed by atoms with Crippen LogP contribution in [0.25, 0.3) is 6.08 Å². The van der Waals surface area contributed by atoms with Gasteiger partial charge in [-0.15, -0.1) is 0 Å². The van der Waals surface area contributed by atoms with Gasteiger partial charge in [0.05, 0.1) is 5.56 Å². The monoisotopic (exact) mass is 463 g/mol. The minimum atomic E-state index is -4.34. The Kier molecular flexibility index (Phi) is 9.47. The van der Waals surface area contributed by atoms with Gasteiger partial charge in [-0.05, 0) is 62.5 Å². The molecule has 0 saturated heterocycles. The van der Waals surface area contributed by atoms with Crippen molar-refractivity contribution in [1.82, 2.24) is 15.5 Å². The Hall–Kier alpha value is -3.33. The van der Waals surface area contributed by atoms with Gasteiger partial charge in [0, 0.05) is 30.6 Å². The van der Waals surface area contributed by atoms with E-state index in [1.54, 1.807) is 24.3 Å². The van der Waals surface area contributed by atoms with Crippen LogP contribution in [0.5, 0.6) is 5.75 Å². The molecule has 0 aromatic heterocycles. The summed E-state index contributed by atoms with van der Waals surface area (Å²) >= 11 is 0. The summed E-state index contributed by atoms with van der Waals surface area (Å²) in [7, 11) is 3.87. The number of hydrogen-bond donors (Lipinski definition) is 3. The molecule has 0 radical (unpaired) electrons. The molecule has 1 aliphatic carbocycles. The second-order valence-electron chi connectivity index (χ2n) is 7.84. The van der Waals surface area contributed by atoms with E-state index in [1.165, 1.54) is 6.07 Å². The van der Waals surface area contributed by atoms with Crippen LogP contribution < -0.4 is 10.6 Å². The topological polar surface area (TPSA) is 81.7 Å². The van der Waals surface area contributed by atoms with Gasteiger partial charge < -0.3 is 20.6 Å². The van der Waals surface area contributed by atoms with E-state index in [4.69, 9.17) is 0 Å². The summed E-state index contributed by atoms with van der Waals surface area (Å²) in [6, 6.07) is 10.5. The quantitative estimate of drug-likeness (QED) is 0.522. The molecule has 0 unspecified atom stereocenters. The Morgan fingerprint density at radius 2 is 1.91 bits per heavy atom. The number of nitrogens with one attached hydrogen (secondary N) is 2. The fourth-order valence-corrected chi connectivity index (χ4v) is 3.21. The van der Waals surface area contributed by atoms with Crippen molar-refractivity contribution in [3.63, 3.8) is 0 Å². The van der Waals surface area contributed by atoms with Gasteiger partial charge in [-0.25, -0.2) is 0 Å². The molecule has 2 aromatic carbocycles. The Labute approximate surface area is 191 Å². The number of hydrogen-bond acceptors (Lipinski definition) is 4. The second-order valence-corrected chi connectivity index (χ2v) is 7.84. The summed E-state index contributed by atoms with van der Waals surface area (Å²) < 4.78 is 38.0. The lowest BCUT2D eigenvalue weighted by atomic mass is 10.1. The van der Waals surface area contributed by atoms with Crippen LogP contribution in [0.2, 0.25) is 0 Å². The van der Waals surface area contributed by atoms with Gasteiger partial charge in [0.15, 0.2) is 0 Å². The lowest BCUT2D eigenvalue weighted by Crippen LogP contribution is -2.24. The maximum absolute atomic E-state index is 12.7. The number of fused-ring (bicyclic) bond motifs is 1. The standard InChI is InChI=1S/C16H19F3N2O.C8H9NO2/c1-21(2)7-3-4-15(22)20-14-9-11-5-6-13(16(17,18)19)8-12(11)10-14;10-6-9-5-7-3-1-2-4-8(7)11/h5-6,8-9H,3-4,7,10H2,1-2H3,(H,20,22);1-4,6,11H,5H2,(H,9,10). The van der Waals surface area contributed by atoms with E-state index in [0.717, 1.165) is 36.2 Å². The number of rotatable bonds is 8. The number of allylic oxidation sites excluding steroid dienone is 1. The second kappa shape index (κ2) is 12.1. The molecule has 33 heavy (non-hydrogen) atoms. The van der Waals surface area contributed by atoms with E-state index in [0.29, 0.717) is 37.1 Å². The van der Waals surface area contributed by atoms with Gasteiger partial charge in [-0.2, -0.15) is 13.2 Å². The molecule has 0 bridgehead atoms. The Balaban J connectivity index is 0.000000294. The zero-order valence-corrected chi connectivity index (χ0v) is 18.6. The number of carbonyl (C=O) groups excluding carboxylic acids is 2. The molecule has 0 saturated carbocycles. The smallest absolute Gasteiger partial charge is 0.416 e. The highest BCUT2D eigenvalue weighted by Crippen LogP contribution is 2.33. The maximum atomic E-state index is 12.7. The van der Waals surface area contributed by atoms with Crippen molar-refractivity contribution in [2.45, 2.75) is 32.0 Å². The molecule has 2 amide bonds. The SMILES string of the molecule is CN(C)CCCC(=O)NC1=Cc2ccc(C(F)(F)F)cc2C1.O=CNCc1ccccc1O. The third-order valence-corrected chi connectivity index (χ3v) is 4.86. The largest absolute Gasteiger partial charge is 0.508 e. The molecule has 1 aliphatic rings. The first-order chi connectivity index (χ1) is 15.6. The van der Waals surface area contributed by atoms with E-state index in [1.807, 2.05) is 25.1 Å². The molecule has 0 heterocycles. The zero-order chi connectivity index (χ0) is 24.4. The van der Waals surface area contributed by atoms with Crippen LogP contribution in [0, 0.1) is 0 Å². The van der Waals surface area contributed by atoms with E-state index < -0.39 is 11.7 Å². The number of carbonyl (C=O) groups is 2. The number of alkyl halides is 3. The van der Waals surface area contributed by atoms with Crippen LogP contribution in [0.3, 0.4) is 0 Å². The summed E-state index contributed by atoms with van der Waals surface area (Å²) in [5.74, 6) is 0.110. The highest BCUT2D eigenvalue weighted by molar-refractivity contribution is 5.80. The number of phenolic OH excluding ortho intramolecular Hbond substituents is 1. The minimum Gasteiger partial charge on any atom is -0.508 e. The van der Waals surface area contributed by atoms with E-state index in [2.05, 4.69) is 10.6 Å². The predicted molar refractivity (Wildman–Crippen MR) is 120 cm³/mol. The van der Waals surface area contributed by atoms with E-state index in [-0.39, 0.29) is 11.7 Å². The van der Waals surface area contributed by atoms with Gasteiger partial charge in [-0.3, -0.25) is 9.59 Å². The molecule has 3 rings (SSSR count). The number of aromatic hydroxyl groups is 1. The van der Waals surface area contributed by atoms with E-state index in [9.17, 15) is 27.9 Å². The summed E-state index contributed by atoms with van der Waals surface area (Å²) in [6.45, 7) is 1.19. The van der Waals surface area contributed by atoms with Crippen LogP contribution >= 0.6 is 0 Å². The van der Waals surface area contributed by atoms with Gasteiger partial charge >= 0.3 is 6.18 Å². The lowest BCUT2D eigenvalue weighted by Gasteiger charge is -2.10. The van der Waals surface area contributed by atoms with Crippen LogP contribution in [0.15, 0.2) is 48.2 Å². The fourth-order valence-electron chi connectivity index (χ4n) is 3.21. The molecule has 178 valence electrons. The first kappa shape index (κ1) is 25.9. The Morgan fingerprint density at radius 3 is 2.55 bits per heavy atom. The van der Waals surface area contributed by atoms with Crippen LogP contribution in [0.4, 0.5) is 13.2 Å². The van der Waals surface area contributed by atoms with Gasteiger partial charge in [0.1, 0.15) is 5.75 Å². The van der Waals surface area contributed by atoms with Crippen LogP contribution in [-0.2, 0) is 28.7 Å². The van der Waals surface area contributed by atoms with Crippen molar-refractivity contribution in [2.75, 3.05) is 20.6 Å². The fraction of sp³-hybridized carbons (Fsp3) is 0.333. The van der Waals surface area contributed by atoms with Crippen LogP contribution in [-0.4, -0.2) is 43.0 Å². The number of benzene rings is 2. The predicted octanol–water partition coefficient (Wildman–Crippen LogP) is 3.70. The lowest BCUT2D eigenvalue weighted by molar-refractivity contribution is -0.137. The van der Waals surface area contributed by atoms with E-state index >= 15 is 0 Å². The highest BCUT2D eigenvalue weighted by atomic mass is 19.4. The Bertz CT molecular complexity index is 988. The van der Waals surface area contributed by atoms with Gasteiger partial charge in [0.2, 0.25) is 12.3 Å². The van der Waals surface area contributed by atoms with Crippen molar-refractivity contribution < 1.29 is 27.9 Å². The van der Waals surface area contributed by atoms with Crippen molar-refractivity contribution in [1.29, 1.82) is 0 Å². The molecule has 0 spiro atoms. The molecule has 6 nitrogen and oxygen atoms in total. The molecule has 9 heteroatoms. The van der Waals surface area contributed by atoms with Gasteiger partial charge in [0.25, 0.3) is 0 Å². The van der Waals surface area contributed by atoms with Gasteiger partial charge in [-0.1, -0.05) is 24.3 Å². The summed E-state index contributed by atoms with van der Waals surface area (Å²) in [6.07, 6.45) is -0.519. The summed E-state index contributed by atoms with van der Waals surface area (Å²) in [5.41, 5.74) is 2.05. The number of nitrogens with zero attached hydrogens (tertiary/aromatic N) is 1. The highest BCUT2D eigenvalue weighted by Gasteiger charge is 2.31. The molecular formula is C24H28F3N3O3. The maximum Gasteiger partial charge on any atom is 0.416 e. The first-order valence-corrected chi connectivity index (χ1v) is 10.4. The number of halogens is 3. The van der Waals surface area contributed by atoms with Crippen molar-refractivity contribution >= 4 is 18.4 Å². The van der Waals surface area contributed by atoms with Crippen LogP contribution in [0.1, 0.15) is 35.1 Å². The summed E-state index contributed by atoms with van der Waals surface area (Å²) in [5, 5.41) is 14.4. The Morgan fingerprint density at radius 1 is 1.18 bits per heavy atom. The normalized spacial score (nSPS) is 12.4. The molecular weight excluding hydrogens is 435 g/mol. The zero-order valence-electron chi connectivity index (χ0n) is 18.6. The first-order valence-electron chi connectivity index (χ1n) is 10.4. The number of para-hydroxylation sites is 1. The van der Waals surface area contributed by atoms with Crippen molar-refractivity contribution in [2.24, 2.45) is 0 Å². The summed E-state index contributed by atoms with van der Waals surface area (Å²) in [4.78, 5) is 23.7. The molecule has 3 N–H and O–H groups in total. The molecule has 0 aliphatic heterocycles. The van der Waals surface area contributed by atoms with Crippen molar-refractivity contribution in [3.05, 3.63) is 70.4 Å². The number of phenols is 1. The average molecular weight is 464 g/mol.